The second-order valence-electron chi connectivity index (χ2n) is 6.88. The van der Waals surface area contributed by atoms with Crippen molar-refractivity contribution in [3.63, 3.8) is 0 Å². The van der Waals surface area contributed by atoms with E-state index in [4.69, 9.17) is 17.0 Å². The fraction of sp³-hybridized carbons (Fsp3) is 0.474. The molecule has 2 N–H and O–H groups in total. The van der Waals surface area contributed by atoms with Gasteiger partial charge in [-0.2, -0.15) is 0 Å². The maximum absolute atomic E-state index is 11.9. The molecule has 5 unspecified atom stereocenters. The predicted molar refractivity (Wildman–Crippen MR) is 105 cm³/mol. The van der Waals surface area contributed by atoms with Gasteiger partial charge in [-0.25, -0.2) is 0 Å². The van der Waals surface area contributed by atoms with Crippen LogP contribution < -0.4 is 0 Å². The third kappa shape index (κ3) is 3.46. The van der Waals surface area contributed by atoms with Gasteiger partial charge in [-0.3, -0.25) is 4.79 Å². The average Bonchev–Trinajstić information content (AvgIpc) is 3.32. The van der Waals surface area contributed by atoms with Crippen LogP contribution in [0.25, 0.3) is 0 Å². The molecule has 2 aliphatic rings. The lowest BCUT2D eigenvalue weighted by Gasteiger charge is -2.24. The first-order valence-corrected chi connectivity index (χ1v) is 9.79. The van der Waals surface area contributed by atoms with Gasteiger partial charge in [0, 0.05) is 40.6 Å². The minimum Gasteiger partial charge on any atom is -0.377 e. The van der Waals surface area contributed by atoms with E-state index in [0.717, 1.165) is 25.7 Å². The maximum atomic E-state index is 11.9. The summed E-state index contributed by atoms with van der Waals surface area (Å²) in [5.74, 6) is 0.616. The Hall–Kier alpha value is -0.720. The lowest BCUT2D eigenvalue weighted by molar-refractivity contribution is -0.111. The van der Waals surface area contributed by atoms with Crippen molar-refractivity contribution >= 4 is 44.2 Å². The molecule has 5 heteroatoms. The minimum absolute atomic E-state index is 0.0452. The first-order chi connectivity index (χ1) is 11.5. The van der Waals surface area contributed by atoms with Crippen LogP contribution in [0.5, 0.6) is 0 Å². The molecule has 24 heavy (non-hydrogen) atoms. The van der Waals surface area contributed by atoms with Gasteiger partial charge in [0.25, 0.3) is 0 Å². The van der Waals surface area contributed by atoms with Crippen molar-refractivity contribution in [2.75, 3.05) is 0 Å². The van der Waals surface area contributed by atoms with E-state index < -0.39 is 11.0 Å². The van der Waals surface area contributed by atoms with E-state index in [0.29, 0.717) is 5.92 Å². The van der Waals surface area contributed by atoms with E-state index in [1.54, 1.807) is 0 Å². The number of hydrogen-bond donors (Lipinski definition) is 2. The average molecular weight is 458 g/mol. The van der Waals surface area contributed by atoms with E-state index >= 15 is 0 Å². The molecule has 5 atom stereocenters. The highest BCUT2D eigenvalue weighted by Gasteiger charge is 2.58. The SMILES string of the molecule is N=CC1(C(=O)I)CC1c1ccccc1CC1C=CC(C(O)Cl)CC1. The van der Waals surface area contributed by atoms with Crippen molar-refractivity contribution in [1.29, 1.82) is 5.41 Å². The third-order valence-electron chi connectivity index (χ3n) is 5.39. The monoisotopic (exact) mass is 457 g/mol. The highest BCUT2D eigenvalue weighted by Crippen LogP contribution is 2.60. The molecular weight excluding hydrogens is 437 g/mol. The van der Waals surface area contributed by atoms with E-state index in [1.807, 2.05) is 40.8 Å². The van der Waals surface area contributed by atoms with Gasteiger partial charge < -0.3 is 10.5 Å². The molecule has 0 aliphatic heterocycles. The lowest BCUT2D eigenvalue weighted by Crippen LogP contribution is -2.19. The summed E-state index contributed by atoms with van der Waals surface area (Å²) in [6.45, 7) is 0. The van der Waals surface area contributed by atoms with E-state index in [9.17, 15) is 9.90 Å². The Morgan fingerprint density at radius 1 is 1.42 bits per heavy atom. The third-order valence-corrected chi connectivity index (χ3v) is 6.72. The molecule has 0 amide bonds. The summed E-state index contributed by atoms with van der Waals surface area (Å²) in [6, 6.07) is 8.29. The van der Waals surface area contributed by atoms with Gasteiger partial charge in [-0.1, -0.05) is 48.0 Å². The number of allylic oxidation sites excluding steroid dienone is 1. The highest BCUT2D eigenvalue weighted by atomic mass is 127. The molecule has 2 aliphatic carbocycles. The van der Waals surface area contributed by atoms with Crippen LogP contribution >= 0.6 is 34.2 Å². The normalized spacial score (nSPS) is 33.0. The summed E-state index contributed by atoms with van der Waals surface area (Å²) >= 11 is 7.59. The maximum Gasteiger partial charge on any atom is 0.204 e. The molecule has 3 nitrogen and oxygen atoms in total. The number of nitrogens with one attached hydrogen (secondary N) is 1. The molecule has 0 radical (unpaired) electrons. The van der Waals surface area contributed by atoms with Gasteiger partial charge >= 0.3 is 0 Å². The second-order valence-corrected chi connectivity index (χ2v) is 8.30. The Bertz CT molecular complexity index is 675. The second kappa shape index (κ2) is 7.26. The molecule has 128 valence electrons. The summed E-state index contributed by atoms with van der Waals surface area (Å²) in [7, 11) is 0. The predicted octanol–water partition coefficient (Wildman–Crippen LogP) is 4.45. The Kier molecular flexibility index (Phi) is 5.47. The van der Waals surface area contributed by atoms with E-state index in [-0.39, 0.29) is 15.6 Å². The summed E-state index contributed by atoms with van der Waals surface area (Å²) in [6.07, 6.45) is 9.10. The number of aliphatic hydroxyl groups excluding tert-OH is 1. The van der Waals surface area contributed by atoms with Crippen molar-refractivity contribution in [3.05, 3.63) is 47.5 Å². The van der Waals surface area contributed by atoms with Crippen molar-refractivity contribution in [2.45, 2.75) is 37.2 Å². The fourth-order valence-electron chi connectivity index (χ4n) is 3.74. The van der Waals surface area contributed by atoms with Gasteiger partial charge in [0.1, 0.15) is 5.56 Å². The van der Waals surface area contributed by atoms with Crippen molar-refractivity contribution < 1.29 is 9.90 Å². The molecule has 0 spiro atoms. The quantitative estimate of drug-likeness (QED) is 0.218. The molecule has 0 bridgehead atoms. The number of alkyl halides is 1. The zero-order valence-corrected chi connectivity index (χ0v) is 16.2. The summed E-state index contributed by atoms with van der Waals surface area (Å²) < 4.78 is 0.0615. The Balaban J connectivity index is 1.76. The van der Waals surface area contributed by atoms with Crippen molar-refractivity contribution in [1.82, 2.24) is 0 Å². The van der Waals surface area contributed by atoms with Crippen molar-refractivity contribution in [3.8, 4) is 0 Å². The molecule has 3 rings (SSSR count). The van der Waals surface area contributed by atoms with Crippen LogP contribution in [0.1, 0.15) is 36.3 Å². The van der Waals surface area contributed by atoms with Crippen molar-refractivity contribution in [2.24, 2.45) is 17.3 Å². The Morgan fingerprint density at radius 3 is 2.71 bits per heavy atom. The van der Waals surface area contributed by atoms with Crippen LogP contribution in [0.3, 0.4) is 0 Å². The fourth-order valence-corrected chi connectivity index (χ4v) is 4.70. The number of hydrogen-bond acceptors (Lipinski definition) is 3. The first kappa shape index (κ1) is 18.1. The number of benzene rings is 1. The number of carbonyl (C=O) groups is 1. The molecule has 0 saturated heterocycles. The molecular formula is C19H21ClINO2. The number of rotatable bonds is 6. The molecule has 0 aromatic heterocycles. The zero-order valence-electron chi connectivity index (χ0n) is 13.3. The molecule has 1 fully saturated rings. The first-order valence-electron chi connectivity index (χ1n) is 8.28. The van der Waals surface area contributed by atoms with Crippen LogP contribution in [0.4, 0.5) is 0 Å². The number of aliphatic hydroxyl groups is 1. The van der Waals surface area contributed by atoms with Gasteiger partial charge in [-0.05, 0) is 42.7 Å². The minimum atomic E-state index is -0.802. The molecule has 0 heterocycles. The van der Waals surface area contributed by atoms with Crippen LogP contribution in [0.2, 0.25) is 0 Å². The van der Waals surface area contributed by atoms with Crippen LogP contribution in [-0.2, 0) is 11.2 Å². The van der Waals surface area contributed by atoms with Gasteiger partial charge in [0.15, 0.2) is 0 Å². The van der Waals surface area contributed by atoms with Gasteiger partial charge in [0.05, 0.1) is 5.41 Å². The number of carbonyl (C=O) groups excluding carboxylic acids is 1. The largest absolute Gasteiger partial charge is 0.377 e. The standard InChI is InChI=1S/C19H21ClINO2/c20-17(23)13-7-5-12(6-8-13)9-14-3-1-2-4-15(14)16-10-19(16,11-22)18(21)24/h1-5,7,11-13,16-17,22-23H,6,8-10H2. The zero-order chi connectivity index (χ0) is 17.3. The summed E-state index contributed by atoms with van der Waals surface area (Å²) in [4.78, 5) is 11.9. The molecule has 1 saturated carbocycles. The number of halogens is 2. The van der Waals surface area contributed by atoms with Gasteiger partial charge in [0.2, 0.25) is 3.79 Å². The topological polar surface area (TPSA) is 61.2 Å². The highest BCUT2D eigenvalue weighted by molar-refractivity contribution is 14.1. The summed E-state index contributed by atoms with van der Waals surface area (Å²) in [5, 5.41) is 17.1. The van der Waals surface area contributed by atoms with Crippen LogP contribution in [0.15, 0.2) is 36.4 Å². The van der Waals surface area contributed by atoms with Crippen LogP contribution in [0, 0.1) is 22.7 Å². The molecule has 1 aromatic rings. The lowest BCUT2D eigenvalue weighted by atomic mass is 9.83. The van der Waals surface area contributed by atoms with E-state index in [1.165, 1.54) is 17.3 Å². The Labute approximate surface area is 161 Å². The smallest absolute Gasteiger partial charge is 0.204 e. The molecule has 1 aromatic carbocycles. The van der Waals surface area contributed by atoms with Crippen LogP contribution in [-0.4, -0.2) is 20.7 Å². The van der Waals surface area contributed by atoms with E-state index in [2.05, 4.69) is 18.2 Å². The van der Waals surface area contributed by atoms with Gasteiger partial charge in [-0.15, -0.1) is 0 Å². The summed E-state index contributed by atoms with van der Waals surface area (Å²) in [5.41, 5.74) is 1.08. The Morgan fingerprint density at radius 2 is 2.17 bits per heavy atom.